The summed E-state index contributed by atoms with van der Waals surface area (Å²) in [5.41, 5.74) is 1.24. The Kier molecular flexibility index (Phi) is 3.64. The molecule has 2 unspecified atom stereocenters. The fourth-order valence-electron chi connectivity index (χ4n) is 2.00. The van der Waals surface area contributed by atoms with E-state index >= 15 is 0 Å². The van der Waals surface area contributed by atoms with Crippen molar-refractivity contribution >= 4 is 11.7 Å². The number of anilines is 1. The van der Waals surface area contributed by atoms with Gasteiger partial charge in [-0.05, 0) is 44.0 Å². The molecule has 0 saturated carbocycles. The van der Waals surface area contributed by atoms with E-state index in [9.17, 15) is 4.79 Å². The van der Waals surface area contributed by atoms with Crippen molar-refractivity contribution in [2.24, 2.45) is 0 Å². The highest BCUT2D eigenvalue weighted by molar-refractivity contribution is 5.87. The molecule has 0 aliphatic carbocycles. The largest absolute Gasteiger partial charge is 0.478 e. The Hall–Kier alpha value is -1.55. The quantitative estimate of drug-likeness (QED) is 0.841. The summed E-state index contributed by atoms with van der Waals surface area (Å²) in [6, 6.07) is 6.76. The van der Waals surface area contributed by atoms with Crippen molar-refractivity contribution < 1.29 is 14.6 Å². The van der Waals surface area contributed by atoms with Crippen LogP contribution in [-0.2, 0) is 4.74 Å². The standard InChI is InChI=1S/C13H17NO3/c1-9-2-7-12(17-9)8-14-11-5-3-10(4-6-11)13(15)16/h3-6,9,12,14H,2,7-8H2,1H3,(H,15,16). The molecule has 2 rings (SSSR count). The molecule has 92 valence electrons. The van der Waals surface area contributed by atoms with Crippen LogP contribution in [0.4, 0.5) is 5.69 Å². The molecular weight excluding hydrogens is 218 g/mol. The van der Waals surface area contributed by atoms with E-state index in [0.29, 0.717) is 11.7 Å². The number of ether oxygens (including phenoxy) is 1. The van der Waals surface area contributed by atoms with Gasteiger partial charge in [0, 0.05) is 12.2 Å². The zero-order chi connectivity index (χ0) is 12.3. The van der Waals surface area contributed by atoms with Crippen molar-refractivity contribution in [3.8, 4) is 0 Å². The maximum Gasteiger partial charge on any atom is 0.335 e. The molecule has 0 radical (unpaired) electrons. The number of carbonyl (C=O) groups is 1. The van der Waals surface area contributed by atoms with Crippen molar-refractivity contribution in [3.05, 3.63) is 29.8 Å². The second kappa shape index (κ2) is 5.19. The highest BCUT2D eigenvalue weighted by Crippen LogP contribution is 2.19. The van der Waals surface area contributed by atoms with Crippen LogP contribution in [0.5, 0.6) is 0 Å². The molecule has 4 nitrogen and oxygen atoms in total. The summed E-state index contributed by atoms with van der Waals surface area (Å²) in [6.07, 6.45) is 2.83. The van der Waals surface area contributed by atoms with E-state index in [2.05, 4.69) is 12.2 Å². The summed E-state index contributed by atoms with van der Waals surface area (Å²) in [5, 5.41) is 12.0. The minimum absolute atomic E-state index is 0.268. The normalized spacial score (nSPS) is 23.6. The molecule has 4 heteroatoms. The van der Waals surface area contributed by atoms with Gasteiger partial charge in [-0.1, -0.05) is 0 Å². The lowest BCUT2D eigenvalue weighted by molar-refractivity contribution is 0.0636. The average Bonchev–Trinajstić information content (AvgIpc) is 2.73. The molecule has 0 aromatic heterocycles. The lowest BCUT2D eigenvalue weighted by Gasteiger charge is -2.13. The van der Waals surface area contributed by atoms with E-state index in [4.69, 9.17) is 9.84 Å². The summed E-state index contributed by atoms with van der Waals surface area (Å²) < 4.78 is 5.69. The van der Waals surface area contributed by atoms with Gasteiger partial charge in [0.05, 0.1) is 17.8 Å². The first-order valence-corrected chi connectivity index (χ1v) is 5.88. The van der Waals surface area contributed by atoms with Crippen LogP contribution in [0.25, 0.3) is 0 Å². The van der Waals surface area contributed by atoms with Gasteiger partial charge >= 0.3 is 5.97 Å². The molecule has 1 aliphatic rings. The third-order valence-corrected chi connectivity index (χ3v) is 2.99. The number of aromatic carboxylic acids is 1. The van der Waals surface area contributed by atoms with Gasteiger partial charge in [0.15, 0.2) is 0 Å². The first kappa shape index (κ1) is 11.9. The third kappa shape index (κ3) is 3.20. The van der Waals surface area contributed by atoms with E-state index < -0.39 is 5.97 Å². The van der Waals surface area contributed by atoms with Gasteiger partial charge in [-0.15, -0.1) is 0 Å². The number of rotatable bonds is 4. The summed E-state index contributed by atoms with van der Waals surface area (Å²) in [7, 11) is 0. The van der Waals surface area contributed by atoms with E-state index in [-0.39, 0.29) is 6.10 Å². The van der Waals surface area contributed by atoms with Crippen molar-refractivity contribution in [1.29, 1.82) is 0 Å². The molecule has 2 N–H and O–H groups in total. The lowest BCUT2D eigenvalue weighted by atomic mass is 10.2. The molecule has 1 fully saturated rings. The van der Waals surface area contributed by atoms with E-state index in [1.807, 2.05) is 0 Å². The fraction of sp³-hybridized carbons (Fsp3) is 0.462. The van der Waals surface area contributed by atoms with Gasteiger partial charge in [0.1, 0.15) is 0 Å². The Morgan fingerprint density at radius 1 is 1.41 bits per heavy atom. The fourth-order valence-corrected chi connectivity index (χ4v) is 2.00. The van der Waals surface area contributed by atoms with Crippen LogP contribution in [0.15, 0.2) is 24.3 Å². The van der Waals surface area contributed by atoms with E-state index in [0.717, 1.165) is 25.1 Å². The van der Waals surface area contributed by atoms with Gasteiger partial charge in [0.2, 0.25) is 0 Å². The molecule has 0 amide bonds. The Balaban J connectivity index is 1.85. The minimum Gasteiger partial charge on any atom is -0.478 e. The number of nitrogens with one attached hydrogen (secondary N) is 1. The van der Waals surface area contributed by atoms with Crippen LogP contribution in [0, 0.1) is 0 Å². The molecule has 0 spiro atoms. The molecule has 1 aromatic carbocycles. The highest BCUT2D eigenvalue weighted by atomic mass is 16.5. The maximum atomic E-state index is 10.7. The van der Waals surface area contributed by atoms with E-state index in [1.54, 1.807) is 24.3 Å². The maximum absolute atomic E-state index is 10.7. The SMILES string of the molecule is CC1CCC(CNc2ccc(C(=O)O)cc2)O1. The number of benzene rings is 1. The highest BCUT2D eigenvalue weighted by Gasteiger charge is 2.21. The molecule has 17 heavy (non-hydrogen) atoms. The van der Waals surface area contributed by atoms with Crippen LogP contribution in [0.3, 0.4) is 0 Å². The van der Waals surface area contributed by atoms with Crippen LogP contribution in [0.2, 0.25) is 0 Å². The smallest absolute Gasteiger partial charge is 0.335 e. The molecule has 2 atom stereocenters. The lowest BCUT2D eigenvalue weighted by Crippen LogP contribution is -2.19. The number of hydrogen-bond donors (Lipinski definition) is 2. The summed E-state index contributed by atoms with van der Waals surface area (Å²) in [6.45, 7) is 2.86. The number of carboxylic acid groups (broad SMARTS) is 1. The van der Waals surface area contributed by atoms with Crippen LogP contribution < -0.4 is 5.32 Å². The summed E-state index contributed by atoms with van der Waals surface area (Å²) >= 11 is 0. The van der Waals surface area contributed by atoms with Gasteiger partial charge in [-0.2, -0.15) is 0 Å². The second-order valence-electron chi connectivity index (χ2n) is 4.41. The van der Waals surface area contributed by atoms with Gasteiger partial charge in [-0.3, -0.25) is 0 Å². The van der Waals surface area contributed by atoms with Crippen molar-refractivity contribution in [2.45, 2.75) is 32.0 Å². The zero-order valence-corrected chi connectivity index (χ0v) is 9.85. The Labute approximate surface area is 101 Å². The zero-order valence-electron chi connectivity index (χ0n) is 9.85. The predicted molar refractivity (Wildman–Crippen MR) is 65.5 cm³/mol. The predicted octanol–water partition coefficient (Wildman–Crippen LogP) is 2.36. The van der Waals surface area contributed by atoms with Crippen LogP contribution in [0.1, 0.15) is 30.1 Å². The van der Waals surface area contributed by atoms with Crippen LogP contribution in [-0.4, -0.2) is 29.8 Å². The molecule has 1 aromatic rings. The molecule has 1 saturated heterocycles. The Morgan fingerprint density at radius 2 is 2.12 bits per heavy atom. The first-order chi connectivity index (χ1) is 8.15. The van der Waals surface area contributed by atoms with Crippen molar-refractivity contribution in [2.75, 3.05) is 11.9 Å². The average molecular weight is 235 g/mol. The number of carboxylic acids is 1. The topological polar surface area (TPSA) is 58.6 Å². The van der Waals surface area contributed by atoms with Gasteiger partial charge < -0.3 is 15.2 Å². The van der Waals surface area contributed by atoms with Crippen LogP contribution >= 0.6 is 0 Å². The molecule has 0 bridgehead atoms. The Bertz CT molecular complexity index is 388. The molecule has 1 aliphatic heterocycles. The van der Waals surface area contributed by atoms with Gasteiger partial charge in [0.25, 0.3) is 0 Å². The van der Waals surface area contributed by atoms with Crippen molar-refractivity contribution in [3.63, 3.8) is 0 Å². The van der Waals surface area contributed by atoms with Gasteiger partial charge in [-0.25, -0.2) is 4.79 Å². The third-order valence-electron chi connectivity index (χ3n) is 2.99. The minimum atomic E-state index is -0.899. The first-order valence-electron chi connectivity index (χ1n) is 5.88. The summed E-state index contributed by atoms with van der Waals surface area (Å²) in [5.74, 6) is -0.899. The number of hydrogen-bond acceptors (Lipinski definition) is 3. The molecule has 1 heterocycles. The second-order valence-corrected chi connectivity index (χ2v) is 4.41. The Morgan fingerprint density at radius 3 is 2.65 bits per heavy atom. The summed E-state index contributed by atoms with van der Waals surface area (Å²) in [4.78, 5) is 10.7. The monoisotopic (exact) mass is 235 g/mol. The van der Waals surface area contributed by atoms with E-state index in [1.165, 1.54) is 0 Å². The van der Waals surface area contributed by atoms with Crippen molar-refractivity contribution in [1.82, 2.24) is 0 Å². The molecular formula is C13H17NO3.